The van der Waals surface area contributed by atoms with Gasteiger partial charge in [-0.05, 0) is 13.0 Å². The fraction of sp³-hybridized carbons (Fsp3) is 0.286. The second-order valence-electron chi connectivity index (χ2n) is 4.42. The zero-order valence-electron chi connectivity index (χ0n) is 11.0. The number of ether oxygens (including phenoxy) is 2. The van der Waals surface area contributed by atoms with Gasteiger partial charge in [0.15, 0.2) is 11.5 Å². The average Bonchev–Trinajstić information content (AvgIpc) is 2.45. The van der Waals surface area contributed by atoms with Gasteiger partial charge in [0.05, 0.1) is 22.9 Å². The lowest BCUT2D eigenvalue weighted by atomic mass is 10.2. The number of hydrogen-bond acceptors (Lipinski definition) is 5. The van der Waals surface area contributed by atoms with Gasteiger partial charge in [-0.15, -0.1) is 0 Å². The topological polar surface area (TPSA) is 56.3 Å². The van der Waals surface area contributed by atoms with Crippen molar-refractivity contribution >= 4 is 17.3 Å². The van der Waals surface area contributed by atoms with E-state index in [0.717, 1.165) is 17.2 Å². The second-order valence-corrected chi connectivity index (χ2v) is 4.83. The first-order valence-corrected chi connectivity index (χ1v) is 6.72. The van der Waals surface area contributed by atoms with Crippen LogP contribution >= 0.6 is 11.6 Å². The number of hydrogen-bond donors (Lipinski definition) is 1. The maximum Gasteiger partial charge on any atom is 0.163 e. The highest BCUT2D eigenvalue weighted by atomic mass is 35.5. The predicted octanol–water partition coefficient (Wildman–Crippen LogP) is 2.82. The molecule has 0 bridgehead atoms. The number of anilines is 1. The average molecular weight is 292 g/mol. The van der Waals surface area contributed by atoms with Crippen molar-refractivity contribution in [2.75, 3.05) is 18.5 Å². The van der Waals surface area contributed by atoms with Crippen molar-refractivity contribution in [3.63, 3.8) is 0 Å². The SMILES string of the molecule is Cc1nccc(CNc2cc3c(cc2Cl)OCCO3)n1. The van der Waals surface area contributed by atoms with Gasteiger partial charge >= 0.3 is 0 Å². The summed E-state index contributed by atoms with van der Waals surface area (Å²) in [4.78, 5) is 8.40. The van der Waals surface area contributed by atoms with Gasteiger partial charge < -0.3 is 14.8 Å². The van der Waals surface area contributed by atoms with E-state index in [-0.39, 0.29) is 0 Å². The van der Waals surface area contributed by atoms with E-state index in [1.54, 1.807) is 12.3 Å². The molecular weight excluding hydrogens is 278 g/mol. The Hall–Kier alpha value is -2.01. The lowest BCUT2D eigenvalue weighted by molar-refractivity contribution is 0.171. The molecule has 0 radical (unpaired) electrons. The van der Waals surface area contributed by atoms with E-state index in [2.05, 4.69) is 15.3 Å². The van der Waals surface area contributed by atoms with Gasteiger partial charge in [-0.25, -0.2) is 9.97 Å². The molecule has 5 nitrogen and oxygen atoms in total. The minimum absolute atomic E-state index is 0.552. The molecule has 0 atom stereocenters. The molecule has 0 aliphatic carbocycles. The van der Waals surface area contributed by atoms with Crippen LogP contribution in [0.5, 0.6) is 11.5 Å². The summed E-state index contributed by atoms with van der Waals surface area (Å²) in [6.07, 6.45) is 1.74. The molecule has 0 spiro atoms. The molecule has 1 aliphatic heterocycles. The molecule has 3 rings (SSSR count). The zero-order chi connectivity index (χ0) is 13.9. The van der Waals surface area contributed by atoms with Crippen LogP contribution in [0.15, 0.2) is 24.4 Å². The summed E-state index contributed by atoms with van der Waals surface area (Å²) in [6.45, 7) is 3.54. The van der Waals surface area contributed by atoms with Crippen LogP contribution in [0.4, 0.5) is 5.69 Å². The Bertz CT molecular complexity index is 634. The molecule has 2 aromatic rings. The molecule has 0 fully saturated rings. The molecule has 0 unspecified atom stereocenters. The Morgan fingerprint density at radius 1 is 1.25 bits per heavy atom. The maximum atomic E-state index is 6.23. The van der Waals surface area contributed by atoms with Crippen molar-refractivity contribution < 1.29 is 9.47 Å². The summed E-state index contributed by atoms with van der Waals surface area (Å²) >= 11 is 6.23. The van der Waals surface area contributed by atoms with Gasteiger partial charge in [0.2, 0.25) is 0 Å². The Kier molecular flexibility index (Phi) is 3.60. The van der Waals surface area contributed by atoms with E-state index in [1.807, 2.05) is 19.1 Å². The van der Waals surface area contributed by atoms with E-state index in [9.17, 15) is 0 Å². The molecule has 1 aromatic heterocycles. The van der Waals surface area contributed by atoms with Gasteiger partial charge in [-0.1, -0.05) is 11.6 Å². The van der Waals surface area contributed by atoms with Gasteiger partial charge in [0, 0.05) is 18.3 Å². The number of rotatable bonds is 3. The van der Waals surface area contributed by atoms with Crippen LogP contribution in [0.1, 0.15) is 11.5 Å². The standard InChI is InChI=1S/C14H14ClN3O2/c1-9-16-3-2-10(18-9)8-17-12-7-14-13(6-11(12)15)19-4-5-20-14/h2-3,6-7,17H,4-5,8H2,1H3. The summed E-state index contributed by atoms with van der Waals surface area (Å²) in [5, 5.41) is 3.85. The molecule has 6 heteroatoms. The quantitative estimate of drug-likeness (QED) is 0.942. The predicted molar refractivity (Wildman–Crippen MR) is 76.5 cm³/mol. The highest BCUT2D eigenvalue weighted by Crippen LogP contribution is 2.38. The Morgan fingerprint density at radius 2 is 2.00 bits per heavy atom. The molecule has 1 N–H and O–H groups in total. The van der Waals surface area contributed by atoms with Crippen molar-refractivity contribution in [3.05, 3.63) is 40.9 Å². The number of aryl methyl sites for hydroxylation is 1. The number of benzene rings is 1. The fourth-order valence-corrected chi connectivity index (χ4v) is 2.21. The summed E-state index contributed by atoms with van der Waals surface area (Å²) in [7, 11) is 0. The molecule has 0 saturated carbocycles. The van der Waals surface area contributed by atoms with Crippen LogP contribution in [0, 0.1) is 6.92 Å². The van der Waals surface area contributed by atoms with Crippen LogP contribution in [-0.4, -0.2) is 23.2 Å². The van der Waals surface area contributed by atoms with E-state index in [0.29, 0.717) is 36.3 Å². The third-order valence-corrected chi connectivity index (χ3v) is 3.24. The first-order chi connectivity index (χ1) is 9.72. The molecule has 2 heterocycles. The summed E-state index contributed by atoms with van der Waals surface area (Å²) in [5.41, 5.74) is 1.70. The van der Waals surface area contributed by atoms with Crippen LogP contribution < -0.4 is 14.8 Å². The van der Waals surface area contributed by atoms with Gasteiger partial charge in [0.25, 0.3) is 0 Å². The Labute approximate surface area is 121 Å². The maximum absolute atomic E-state index is 6.23. The number of halogens is 1. The van der Waals surface area contributed by atoms with E-state index in [1.165, 1.54) is 0 Å². The van der Waals surface area contributed by atoms with Gasteiger partial charge in [-0.2, -0.15) is 0 Å². The van der Waals surface area contributed by atoms with Gasteiger partial charge in [-0.3, -0.25) is 0 Å². The van der Waals surface area contributed by atoms with Gasteiger partial charge in [0.1, 0.15) is 19.0 Å². The number of fused-ring (bicyclic) bond motifs is 1. The minimum atomic E-state index is 0.552. The second kappa shape index (κ2) is 5.54. The van der Waals surface area contributed by atoms with E-state index in [4.69, 9.17) is 21.1 Å². The first kappa shape index (κ1) is 13.0. The summed E-state index contributed by atoms with van der Waals surface area (Å²) in [5.74, 6) is 2.14. The molecule has 1 aliphatic rings. The van der Waals surface area contributed by atoms with Crippen molar-refractivity contribution in [1.82, 2.24) is 9.97 Å². The fourth-order valence-electron chi connectivity index (χ4n) is 1.99. The normalized spacial score (nSPS) is 13.1. The third kappa shape index (κ3) is 2.77. The zero-order valence-corrected chi connectivity index (χ0v) is 11.8. The molecule has 104 valence electrons. The minimum Gasteiger partial charge on any atom is -0.486 e. The molecular formula is C14H14ClN3O2. The number of aromatic nitrogens is 2. The third-order valence-electron chi connectivity index (χ3n) is 2.93. The number of nitrogens with one attached hydrogen (secondary N) is 1. The molecule has 20 heavy (non-hydrogen) atoms. The molecule has 1 aromatic carbocycles. The van der Waals surface area contributed by atoms with E-state index < -0.39 is 0 Å². The number of nitrogens with zero attached hydrogens (tertiary/aromatic N) is 2. The van der Waals surface area contributed by atoms with Crippen molar-refractivity contribution in [2.45, 2.75) is 13.5 Å². The Balaban J connectivity index is 1.77. The highest BCUT2D eigenvalue weighted by molar-refractivity contribution is 6.33. The van der Waals surface area contributed by atoms with E-state index >= 15 is 0 Å². The van der Waals surface area contributed by atoms with Crippen LogP contribution in [0.2, 0.25) is 5.02 Å². The van der Waals surface area contributed by atoms with Crippen LogP contribution in [-0.2, 0) is 6.54 Å². The van der Waals surface area contributed by atoms with Crippen LogP contribution in [0.3, 0.4) is 0 Å². The monoisotopic (exact) mass is 291 g/mol. The van der Waals surface area contributed by atoms with Crippen molar-refractivity contribution in [2.24, 2.45) is 0 Å². The lowest BCUT2D eigenvalue weighted by Crippen LogP contribution is -2.15. The molecule has 0 amide bonds. The smallest absolute Gasteiger partial charge is 0.163 e. The molecule has 0 saturated heterocycles. The van der Waals surface area contributed by atoms with Crippen LogP contribution in [0.25, 0.3) is 0 Å². The Morgan fingerprint density at radius 3 is 2.75 bits per heavy atom. The summed E-state index contributed by atoms with van der Waals surface area (Å²) < 4.78 is 11.0. The lowest BCUT2D eigenvalue weighted by Gasteiger charge is -2.20. The highest BCUT2D eigenvalue weighted by Gasteiger charge is 2.15. The van der Waals surface area contributed by atoms with Crippen molar-refractivity contribution in [1.29, 1.82) is 0 Å². The first-order valence-electron chi connectivity index (χ1n) is 6.34. The van der Waals surface area contributed by atoms with Crippen molar-refractivity contribution in [3.8, 4) is 11.5 Å². The largest absolute Gasteiger partial charge is 0.486 e. The summed E-state index contributed by atoms with van der Waals surface area (Å²) in [6, 6.07) is 5.49.